The Labute approximate surface area is 444 Å². The molecule has 0 aliphatic rings. The number of allylic oxidation sites excluding steroid dienone is 18. The lowest BCUT2D eigenvalue weighted by molar-refractivity contribution is -0.167. The molecule has 1 unspecified atom stereocenters. The molecular weight excluding hydrogens is 889 g/mol. The van der Waals surface area contributed by atoms with Gasteiger partial charge in [0.1, 0.15) is 13.2 Å². The Morgan fingerprint density at radius 3 is 0.875 bits per heavy atom. The maximum Gasteiger partial charge on any atom is 0.306 e. The number of unbranched alkanes of at least 4 members (excludes halogenated alkanes) is 24. The zero-order chi connectivity index (χ0) is 52.2. The fourth-order valence-electron chi connectivity index (χ4n) is 8.04. The largest absolute Gasteiger partial charge is 0.462 e. The molecule has 72 heavy (non-hydrogen) atoms. The smallest absolute Gasteiger partial charge is 0.306 e. The van der Waals surface area contributed by atoms with Crippen LogP contribution in [0.3, 0.4) is 0 Å². The van der Waals surface area contributed by atoms with Crippen molar-refractivity contribution in [2.75, 3.05) is 13.2 Å². The molecule has 0 heterocycles. The highest BCUT2D eigenvalue weighted by Gasteiger charge is 2.19. The van der Waals surface area contributed by atoms with Crippen LogP contribution in [0.15, 0.2) is 109 Å². The summed E-state index contributed by atoms with van der Waals surface area (Å²) in [6.45, 7) is 6.42. The lowest BCUT2D eigenvalue weighted by Crippen LogP contribution is -2.30. The molecule has 0 fully saturated rings. The van der Waals surface area contributed by atoms with E-state index in [1.165, 1.54) is 103 Å². The zero-order valence-corrected chi connectivity index (χ0v) is 46.9. The van der Waals surface area contributed by atoms with Crippen molar-refractivity contribution in [1.29, 1.82) is 0 Å². The van der Waals surface area contributed by atoms with E-state index in [-0.39, 0.29) is 31.1 Å². The molecule has 0 aliphatic carbocycles. The quantitative estimate of drug-likeness (QED) is 0.0261. The van der Waals surface area contributed by atoms with Gasteiger partial charge in [-0.15, -0.1) is 0 Å². The van der Waals surface area contributed by atoms with E-state index in [2.05, 4.69) is 130 Å². The lowest BCUT2D eigenvalue weighted by Gasteiger charge is -2.18. The summed E-state index contributed by atoms with van der Waals surface area (Å²) in [5.41, 5.74) is 0. The van der Waals surface area contributed by atoms with Crippen LogP contribution in [-0.4, -0.2) is 37.2 Å². The van der Waals surface area contributed by atoms with Gasteiger partial charge in [-0.3, -0.25) is 14.4 Å². The standard InChI is InChI=1S/C66H110O6/c1-4-7-10-13-16-18-20-22-24-25-26-27-28-29-30-31-32-33-34-35-36-37-38-39-40-41-43-44-46-48-50-53-56-59-65(68)71-62-63(61-70-64(67)58-55-52-15-12-9-6-3)72-66(69)60-57-54-51-49-47-45-42-23-21-19-17-14-11-8-5-2/h7,10,16-19,22-24,26-27,29-30,32-33,35-36,42,63H,4-6,8-9,11-15,20-21,25,28,31,34,37-41,43-62H2,1-3H3/b10-7-,18-16-,19-17-,24-22-,27-26-,30-29-,33-32-,36-35-,42-23-. The van der Waals surface area contributed by atoms with Gasteiger partial charge in [0.15, 0.2) is 6.10 Å². The van der Waals surface area contributed by atoms with Crippen molar-refractivity contribution in [3.8, 4) is 0 Å². The predicted octanol–water partition coefficient (Wildman–Crippen LogP) is 20.3. The van der Waals surface area contributed by atoms with E-state index in [1.807, 2.05) is 0 Å². The van der Waals surface area contributed by atoms with E-state index in [0.717, 1.165) is 128 Å². The molecule has 0 bridgehead atoms. The number of hydrogen-bond acceptors (Lipinski definition) is 6. The Kier molecular flexibility index (Phi) is 56.4. The molecular formula is C66H110O6. The van der Waals surface area contributed by atoms with Gasteiger partial charge in [0.2, 0.25) is 0 Å². The summed E-state index contributed by atoms with van der Waals surface area (Å²) in [4.78, 5) is 37.9. The van der Waals surface area contributed by atoms with Crippen molar-refractivity contribution in [1.82, 2.24) is 0 Å². The molecule has 0 rings (SSSR count). The maximum absolute atomic E-state index is 12.8. The van der Waals surface area contributed by atoms with Crippen LogP contribution in [0.1, 0.15) is 271 Å². The summed E-state index contributed by atoms with van der Waals surface area (Å²) in [6.07, 6.45) is 81.2. The molecule has 0 aromatic heterocycles. The summed E-state index contributed by atoms with van der Waals surface area (Å²) in [5.74, 6) is -0.910. The van der Waals surface area contributed by atoms with Gasteiger partial charge in [0.25, 0.3) is 0 Å². The monoisotopic (exact) mass is 999 g/mol. The Balaban J connectivity index is 4.07. The number of rotatable bonds is 53. The highest BCUT2D eigenvalue weighted by atomic mass is 16.6. The third kappa shape index (κ3) is 57.0. The number of carbonyl (C=O) groups excluding carboxylic acids is 3. The van der Waals surface area contributed by atoms with Crippen molar-refractivity contribution in [3.63, 3.8) is 0 Å². The van der Waals surface area contributed by atoms with Crippen molar-refractivity contribution >= 4 is 17.9 Å². The first-order valence-corrected chi connectivity index (χ1v) is 29.9. The molecule has 0 amide bonds. The van der Waals surface area contributed by atoms with E-state index >= 15 is 0 Å². The highest BCUT2D eigenvalue weighted by molar-refractivity contribution is 5.71. The predicted molar refractivity (Wildman–Crippen MR) is 311 cm³/mol. The third-order valence-corrected chi connectivity index (χ3v) is 12.5. The summed E-state index contributed by atoms with van der Waals surface area (Å²) in [7, 11) is 0. The molecule has 0 aliphatic heterocycles. The lowest BCUT2D eigenvalue weighted by atomic mass is 10.0. The van der Waals surface area contributed by atoms with Crippen molar-refractivity contribution < 1.29 is 28.6 Å². The van der Waals surface area contributed by atoms with Gasteiger partial charge in [-0.05, 0) is 109 Å². The Morgan fingerprint density at radius 2 is 0.542 bits per heavy atom. The molecule has 0 aromatic carbocycles. The first-order chi connectivity index (χ1) is 35.5. The third-order valence-electron chi connectivity index (χ3n) is 12.5. The first-order valence-electron chi connectivity index (χ1n) is 29.9. The Morgan fingerprint density at radius 1 is 0.292 bits per heavy atom. The second-order valence-electron chi connectivity index (χ2n) is 19.5. The molecule has 410 valence electrons. The van der Waals surface area contributed by atoms with Crippen LogP contribution in [0.2, 0.25) is 0 Å². The highest BCUT2D eigenvalue weighted by Crippen LogP contribution is 2.15. The minimum absolute atomic E-state index is 0.0838. The molecule has 0 aromatic rings. The van der Waals surface area contributed by atoms with Crippen LogP contribution in [0.25, 0.3) is 0 Å². The van der Waals surface area contributed by atoms with Gasteiger partial charge in [0.05, 0.1) is 0 Å². The van der Waals surface area contributed by atoms with Crippen LogP contribution in [-0.2, 0) is 28.6 Å². The molecule has 0 saturated carbocycles. The molecule has 0 spiro atoms. The number of hydrogen-bond donors (Lipinski definition) is 0. The average molecular weight is 1000 g/mol. The van der Waals surface area contributed by atoms with E-state index in [0.29, 0.717) is 19.3 Å². The number of ether oxygens (including phenoxy) is 3. The van der Waals surface area contributed by atoms with Crippen LogP contribution in [0.4, 0.5) is 0 Å². The fourth-order valence-corrected chi connectivity index (χ4v) is 8.04. The maximum atomic E-state index is 12.8. The Bertz CT molecular complexity index is 1470. The number of esters is 3. The van der Waals surface area contributed by atoms with Gasteiger partial charge in [-0.1, -0.05) is 252 Å². The van der Waals surface area contributed by atoms with Crippen LogP contribution < -0.4 is 0 Å². The average Bonchev–Trinajstić information content (AvgIpc) is 3.38. The molecule has 1 atom stereocenters. The number of carbonyl (C=O) groups is 3. The van der Waals surface area contributed by atoms with E-state index < -0.39 is 6.10 Å². The summed E-state index contributed by atoms with van der Waals surface area (Å²) in [5, 5.41) is 0. The van der Waals surface area contributed by atoms with Crippen molar-refractivity contribution in [2.45, 2.75) is 277 Å². The van der Waals surface area contributed by atoms with Crippen LogP contribution >= 0.6 is 0 Å². The van der Waals surface area contributed by atoms with Gasteiger partial charge >= 0.3 is 17.9 Å². The topological polar surface area (TPSA) is 78.9 Å². The van der Waals surface area contributed by atoms with Crippen LogP contribution in [0, 0.1) is 0 Å². The van der Waals surface area contributed by atoms with E-state index in [4.69, 9.17) is 14.2 Å². The summed E-state index contributed by atoms with van der Waals surface area (Å²) >= 11 is 0. The second kappa shape index (κ2) is 59.6. The van der Waals surface area contributed by atoms with Crippen LogP contribution in [0.5, 0.6) is 0 Å². The summed E-state index contributed by atoms with van der Waals surface area (Å²) < 4.78 is 16.7. The molecule has 6 heteroatoms. The molecule has 6 nitrogen and oxygen atoms in total. The van der Waals surface area contributed by atoms with Gasteiger partial charge in [-0.2, -0.15) is 0 Å². The van der Waals surface area contributed by atoms with Crippen molar-refractivity contribution in [2.24, 2.45) is 0 Å². The van der Waals surface area contributed by atoms with Gasteiger partial charge < -0.3 is 14.2 Å². The Hall–Kier alpha value is -3.93. The molecule has 0 radical (unpaired) electrons. The minimum atomic E-state index is -0.783. The normalized spacial score (nSPS) is 12.9. The first kappa shape index (κ1) is 68.1. The van der Waals surface area contributed by atoms with Crippen molar-refractivity contribution in [3.05, 3.63) is 109 Å². The zero-order valence-electron chi connectivity index (χ0n) is 46.9. The summed E-state index contributed by atoms with van der Waals surface area (Å²) in [6, 6.07) is 0. The van der Waals surface area contributed by atoms with E-state index in [1.54, 1.807) is 0 Å². The van der Waals surface area contributed by atoms with Gasteiger partial charge in [-0.25, -0.2) is 0 Å². The molecule has 0 N–H and O–H groups in total. The fraction of sp³-hybridized carbons (Fsp3) is 0.682. The van der Waals surface area contributed by atoms with Gasteiger partial charge in [0, 0.05) is 19.3 Å². The minimum Gasteiger partial charge on any atom is -0.462 e. The SMILES string of the molecule is CC/C=C\C/C=C\C/C=C\C/C=C\C/C=C\C/C=C\C/C=C\CCCCCCCCCCCCCC(=O)OCC(COC(=O)CCCCCCCC)OC(=O)CCCCCCC/C=C\C/C=C\CCCCC. The van der Waals surface area contributed by atoms with E-state index in [9.17, 15) is 14.4 Å². The molecule has 0 saturated heterocycles. The second-order valence-corrected chi connectivity index (χ2v) is 19.5.